The van der Waals surface area contributed by atoms with Crippen molar-refractivity contribution < 1.29 is 19.2 Å². The summed E-state index contributed by atoms with van der Waals surface area (Å²) in [6.45, 7) is 2.42. The van der Waals surface area contributed by atoms with E-state index in [0.29, 0.717) is 17.7 Å². The SMILES string of the molecule is CCOc1cccc2c1SC(c1cccc([N+](=O)[O-])c1)C(C(=O)OC)=C2. The lowest BCUT2D eigenvalue weighted by molar-refractivity contribution is -0.384. The number of non-ortho nitro benzene ring substituents is 1. The second-order valence-electron chi connectivity index (χ2n) is 5.55. The van der Waals surface area contributed by atoms with E-state index in [0.717, 1.165) is 16.2 Å². The highest BCUT2D eigenvalue weighted by Gasteiger charge is 2.31. The summed E-state index contributed by atoms with van der Waals surface area (Å²) in [6.07, 6.45) is 1.77. The van der Waals surface area contributed by atoms with E-state index in [1.807, 2.05) is 25.1 Å². The van der Waals surface area contributed by atoms with Gasteiger partial charge in [0.15, 0.2) is 0 Å². The maximum Gasteiger partial charge on any atom is 0.335 e. The third-order valence-electron chi connectivity index (χ3n) is 3.94. The summed E-state index contributed by atoms with van der Waals surface area (Å²) in [5.74, 6) is 0.270. The Morgan fingerprint density at radius 2 is 2.04 bits per heavy atom. The van der Waals surface area contributed by atoms with Crippen molar-refractivity contribution in [2.75, 3.05) is 13.7 Å². The highest BCUT2D eigenvalue weighted by Crippen LogP contribution is 2.50. The van der Waals surface area contributed by atoms with E-state index in [9.17, 15) is 14.9 Å². The molecule has 0 aromatic heterocycles. The minimum absolute atomic E-state index is 0.0174. The van der Waals surface area contributed by atoms with Gasteiger partial charge in [0.2, 0.25) is 0 Å². The second-order valence-corrected chi connectivity index (χ2v) is 6.66. The predicted molar refractivity (Wildman–Crippen MR) is 99.3 cm³/mol. The number of nitrogens with zero attached hydrogens (tertiary/aromatic N) is 1. The van der Waals surface area contributed by atoms with Crippen molar-refractivity contribution in [2.45, 2.75) is 17.1 Å². The molecule has 3 rings (SSSR count). The number of hydrogen-bond donors (Lipinski definition) is 0. The van der Waals surface area contributed by atoms with Gasteiger partial charge in [0.25, 0.3) is 5.69 Å². The van der Waals surface area contributed by atoms with Gasteiger partial charge < -0.3 is 9.47 Å². The number of nitro benzene ring substituents is 1. The average molecular weight is 371 g/mol. The van der Waals surface area contributed by atoms with Gasteiger partial charge in [-0.3, -0.25) is 10.1 Å². The van der Waals surface area contributed by atoms with E-state index < -0.39 is 16.1 Å². The van der Waals surface area contributed by atoms with Gasteiger partial charge in [-0.2, -0.15) is 0 Å². The molecule has 0 spiro atoms. The molecule has 1 unspecified atom stereocenters. The molecule has 2 aromatic carbocycles. The maximum absolute atomic E-state index is 12.3. The Labute approximate surface area is 155 Å². The van der Waals surface area contributed by atoms with Crippen LogP contribution in [0.2, 0.25) is 0 Å². The van der Waals surface area contributed by atoms with Gasteiger partial charge in [-0.15, -0.1) is 11.8 Å². The van der Waals surface area contributed by atoms with Gasteiger partial charge in [0.05, 0.1) is 34.4 Å². The lowest BCUT2D eigenvalue weighted by Gasteiger charge is -2.26. The molecule has 0 amide bonds. The number of thioether (sulfide) groups is 1. The average Bonchev–Trinajstić information content (AvgIpc) is 2.67. The van der Waals surface area contributed by atoms with E-state index in [1.165, 1.54) is 31.0 Å². The number of nitro groups is 1. The van der Waals surface area contributed by atoms with Crippen molar-refractivity contribution in [3.8, 4) is 5.75 Å². The van der Waals surface area contributed by atoms with E-state index in [4.69, 9.17) is 9.47 Å². The van der Waals surface area contributed by atoms with Gasteiger partial charge in [0, 0.05) is 12.1 Å². The van der Waals surface area contributed by atoms with Crippen molar-refractivity contribution in [3.05, 3.63) is 69.3 Å². The summed E-state index contributed by atoms with van der Waals surface area (Å²) in [5.41, 5.74) is 1.95. The zero-order chi connectivity index (χ0) is 18.7. The number of esters is 1. The number of carbonyl (C=O) groups excluding carboxylic acids is 1. The standard InChI is InChI=1S/C19H17NO5S/c1-3-25-16-9-5-7-13-11-15(19(21)24-2)17(26-18(13)16)12-6-4-8-14(10-12)20(22)23/h4-11,17H,3H2,1-2H3. The first-order valence-electron chi connectivity index (χ1n) is 8.02. The van der Waals surface area contributed by atoms with Crippen LogP contribution in [0.5, 0.6) is 5.75 Å². The zero-order valence-electron chi connectivity index (χ0n) is 14.3. The predicted octanol–water partition coefficient (Wildman–Crippen LogP) is 4.40. The number of ether oxygens (including phenoxy) is 2. The summed E-state index contributed by atoms with van der Waals surface area (Å²) in [7, 11) is 1.32. The molecule has 6 nitrogen and oxygen atoms in total. The molecule has 2 aromatic rings. The first kappa shape index (κ1) is 18.0. The van der Waals surface area contributed by atoms with Gasteiger partial charge in [-0.05, 0) is 30.2 Å². The number of methoxy groups -OCH3 is 1. The molecule has 1 aliphatic heterocycles. The molecule has 0 bridgehead atoms. The Kier molecular flexibility index (Phi) is 5.27. The van der Waals surface area contributed by atoms with Crippen LogP contribution in [0.1, 0.15) is 23.3 Å². The van der Waals surface area contributed by atoms with Gasteiger partial charge in [-0.25, -0.2) is 4.79 Å². The molecule has 7 heteroatoms. The number of rotatable bonds is 5. The minimum Gasteiger partial charge on any atom is -0.493 e. The third-order valence-corrected chi connectivity index (χ3v) is 5.38. The lowest BCUT2D eigenvalue weighted by Crippen LogP contribution is -2.14. The molecular weight excluding hydrogens is 354 g/mol. The monoisotopic (exact) mass is 371 g/mol. The Hall–Kier alpha value is -2.80. The lowest BCUT2D eigenvalue weighted by atomic mass is 10.0. The van der Waals surface area contributed by atoms with Gasteiger partial charge >= 0.3 is 5.97 Å². The molecule has 0 saturated carbocycles. The molecule has 1 heterocycles. The van der Waals surface area contributed by atoms with Crippen molar-refractivity contribution in [2.24, 2.45) is 0 Å². The van der Waals surface area contributed by atoms with Crippen LogP contribution in [-0.2, 0) is 9.53 Å². The molecule has 26 heavy (non-hydrogen) atoms. The second kappa shape index (κ2) is 7.61. The molecule has 1 aliphatic rings. The van der Waals surface area contributed by atoms with Crippen LogP contribution < -0.4 is 4.74 Å². The minimum atomic E-state index is -0.457. The highest BCUT2D eigenvalue weighted by atomic mass is 32.2. The first-order chi connectivity index (χ1) is 12.5. The topological polar surface area (TPSA) is 78.7 Å². The van der Waals surface area contributed by atoms with Crippen LogP contribution >= 0.6 is 11.8 Å². The van der Waals surface area contributed by atoms with Crippen LogP contribution in [0.15, 0.2) is 52.9 Å². The number of carbonyl (C=O) groups is 1. The largest absolute Gasteiger partial charge is 0.493 e. The fraction of sp³-hybridized carbons (Fsp3) is 0.211. The molecule has 0 aliphatic carbocycles. The Morgan fingerprint density at radius 1 is 1.27 bits per heavy atom. The molecule has 0 saturated heterocycles. The first-order valence-corrected chi connectivity index (χ1v) is 8.89. The molecule has 0 N–H and O–H groups in total. The molecule has 134 valence electrons. The van der Waals surface area contributed by atoms with E-state index >= 15 is 0 Å². The van der Waals surface area contributed by atoms with Crippen LogP contribution in [0.3, 0.4) is 0 Å². The summed E-state index contributed by atoms with van der Waals surface area (Å²) in [6, 6.07) is 11.9. The number of benzene rings is 2. The summed E-state index contributed by atoms with van der Waals surface area (Å²) in [4.78, 5) is 23.9. The van der Waals surface area contributed by atoms with Gasteiger partial charge in [0.1, 0.15) is 5.75 Å². The van der Waals surface area contributed by atoms with Crippen LogP contribution in [-0.4, -0.2) is 24.6 Å². The Balaban J connectivity index is 2.12. The number of hydrogen-bond acceptors (Lipinski definition) is 6. The summed E-state index contributed by atoms with van der Waals surface area (Å²) < 4.78 is 10.6. The normalized spacial score (nSPS) is 15.6. The maximum atomic E-state index is 12.3. The highest BCUT2D eigenvalue weighted by molar-refractivity contribution is 8.00. The quantitative estimate of drug-likeness (QED) is 0.440. The molecule has 1 atom stereocenters. The number of fused-ring (bicyclic) bond motifs is 1. The smallest absolute Gasteiger partial charge is 0.335 e. The summed E-state index contributed by atoms with van der Waals surface area (Å²) >= 11 is 1.43. The summed E-state index contributed by atoms with van der Waals surface area (Å²) in [5, 5.41) is 10.7. The van der Waals surface area contributed by atoms with Crippen molar-refractivity contribution in [1.82, 2.24) is 0 Å². The fourth-order valence-electron chi connectivity index (χ4n) is 2.80. The third kappa shape index (κ3) is 3.43. The van der Waals surface area contributed by atoms with E-state index in [1.54, 1.807) is 18.2 Å². The van der Waals surface area contributed by atoms with Crippen LogP contribution in [0.25, 0.3) is 6.08 Å². The van der Waals surface area contributed by atoms with Crippen molar-refractivity contribution in [3.63, 3.8) is 0 Å². The van der Waals surface area contributed by atoms with E-state index in [-0.39, 0.29) is 5.69 Å². The molecule has 0 radical (unpaired) electrons. The van der Waals surface area contributed by atoms with Crippen LogP contribution in [0, 0.1) is 10.1 Å². The van der Waals surface area contributed by atoms with Crippen LogP contribution in [0.4, 0.5) is 5.69 Å². The van der Waals surface area contributed by atoms with Crippen molar-refractivity contribution >= 4 is 29.5 Å². The fourth-order valence-corrected chi connectivity index (χ4v) is 4.11. The Bertz CT molecular complexity index is 893. The van der Waals surface area contributed by atoms with Gasteiger partial charge in [-0.1, -0.05) is 24.3 Å². The van der Waals surface area contributed by atoms with Crippen molar-refractivity contribution in [1.29, 1.82) is 0 Å². The molecule has 0 fully saturated rings. The zero-order valence-corrected chi connectivity index (χ0v) is 15.1. The van der Waals surface area contributed by atoms with E-state index in [2.05, 4.69) is 0 Å². The Morgan fingerprint density at radius 3 is 2.73 bits per heavy atom. The molecular formula is C19H17NO5S.